The molecular formula is C56H50ClCs2N3O11S4. The molecule has 2 aliphatic rings. The van der Waals surface area contributed by atoms with Gasteiger partial charge in [-0.3, -0.25) is 29.0 Å². The average molecular weight is 1370 g/mol. The van der Waals surface area contributed by atoms with Crippen LogP contribution in [0, 0.1) is 20.8 Å². The third-order valence-corrected chi connectivity index (χ3v) is 14.0. The molecule has 4 heterocycles. The number of carboxylic acid groups (broad SMARTS) is 3. The predicted molar refractivity (Wildman–Crippen MR) is 313 cm³/mol. The standard InChI is InChI=1S/C23H17NO4S2.C12H8O4.C11H11NOS2.C8H11N.C2H3ClO2.2Cs/c1-14-4-2-3-5-17(14)13-24-21(25)20(30-23(24)29)12-18-10-11-19(28-18)15-6-8-16(9-7-15)22(26)27;13-7-10-5-6-11(16-10)8-1-3-9(4-2-8)12(14)15;1-8-4-2-3-5-9(8)6-12-10(13)7-15-11(12)14;1-7-4-2-3-5-8(7)6-9;3-1-2(4)5;;/h2-12H,13H2,1H3,(H,26,27);1-7H,(H,14,15);2-5H,6-7H2,1H3;2-5H,6,9H2,1H3;1H2,(H,4,5);;/b20-12-;;;;;;. The van der Waals surface area contributed by atoms with Crippen molar-refractivity contribution in [1.29, 1.82) is 0 Å². The van der Waals surface area contributed by atoms with Gasteiger partial charge in [0.1, 0.15) is 31.8 Å². The van der Waals surface area contributed by atoms with Gasteiger partial charge in [0, 0.05) is 23.7 Å². The number of aryl methyl sites for hydroxylation is 3. The minimum atomic E-state index is -0.980. The van der Waals surface area contributed by atoms with Crippen LogP contribution in [0.4, 0.5) is 0 Å². The number of rotatable bonds is 12. The molecule has 2 saturated heterocycles. The molecule has 0 spiro atoms. The molecule has 14 nitrogen and oxygen atoms in total. The fourth-order valence-corrected chi connectivity index (χ4v) is 9.07. The number of carboxylic acids is 3. The first-order valence-corrected chi connectivity index (χ1v) is 78.7. The molecule has 0 atom stereocenters. The van der Waals surface area contributed by atoms with Crippen molar-refractivity contribution in [3.63, 3.8) is 0 Å². The van der Waals surface area contributed by atoms with E-state index in [2.05, 4.69) is 19.1 Å². The molecule has 5 N–H and O–H groups in total. The molecule has 2 amide bonds. The van der Waals surface area contributed by atoms with E-state index >= 15 is 0 Å². The number of aliphatic carboxylic acids is 1. The molecule has 388 valence electrons. The van der Waals surface area contributed by atoms with Gasteiger partial charge in [-0.2, -0.15) is 0 Å². The topological polar surface area (TPSA) is 222 Å². The van der Waals surface area contributed by atoms with Crippen molar-refractivity contribution < 1.29 is 52.9 Å². The number of aldehydes is 1. The third kappa shape index (κ3) is 21.2. The van der Waals surface area contributed by atoms with Gasteiger partial charge in [-0.15, -0.1) is 11.6 Å². The summed E-state index contributed by atoms with van der Waals surface area (Å²) in [5.41, 5.74) is 14.4. The van der Waals surface area contributed by atoms with Gasteiger partial charge in [0.25, 0.3) is 5.91 Å². The quantitative estimate of drug-likeness (QED) is 0.0387. The van der Waals surface area contributed by atoms with Crippen LogP contribution in [0.1, 0.15) is 70.4 Å². The number of hydrogen-bond acceptors (Lipinski definition) is 13. The Bertz CT molecular complexity index is 3200. The Kier molecular flexibility index (Phi) is 29.8. The van der Waals surface area contributed by atoms with Gasteiger partial charge in [-0.25, -0.2) is 9.59 Å². The van der Waals surface area contributed by atoms with E-state index < -0.39 is 17.9 Å². The second kappa shape index (κ2) is 34.7. The van der Waals surface area contributed by atoms with Crippen LogP contribution in [0.15, 0.2) is 159 Å². The zero-order chi connectivity index (χ0) is 56.6. The number of amides is 2. The van der Waals surface area contributed by atoms with E-state index in [0.29, 0.717) is 62.5 Å². The predicted octanol–water partition coefficient (Wildman–Crippen LogP) is 11.2. The number of alkyl halides is 1. The third-order valence-electron chi connectivity index (χ3n) is 11.0. The van der Waals surface area contributed by atoms with E-state index in [9.17, 15) is 28.8 Å². The number of nitrogens with two attached hydrogens (primary N) is 1. The molecule has 0 radical (unpaired) electrons. The molecule has 2 aliphatic heterocycles. The molecule has 0 unspecified atom stereocenters. The van der Waals surface area contributed by atoms with Gasteiger partial charge < -0.3 is 29.9 Å². The van der Waals surface area contributed by atoms with Crippen LogP contribution >= 0.6 is 59.6 Å². The van der Waals surface area contributed by atoms with Gasteiger partial charge in [0.05, 0.1) is 34.9 Å². The van der Waals surface area contributed by atoms with Crippen molar-refractivity contribution in [1.82, 2.24) is 9.80 Å². The summed E-state index contributed by atoms with van der Waals surface area (Å²) in [5.74, 6) is -0.857. The number of thiocarbonyl (C=S) groups is 2. The zero-order valence-electron chi connectivity index (χ0n) is 42.6. The number of thioether (sulfide) groups is 2. The van der Waals surface area contributed by atoms with Crippen molar-refractivity contribution in [2.24, 2.45) is 5.73 Å². The zero-order valence-corrected chi connectivity index (χ0v) is 59.2. The van der Waals surface area contributed by atoms with Crippen LogP contribution in [0.2, 0.25) is 0 Å². The molecule has 7 aromatic rings. The van der Waals surface area contributed by atoms with Crippen LogP contribution in [-0.4, -0.2) is 155 Å². The number of benzene rings is 5. The fourth-order valence-electron chi connectivity index (χ4n) is 6.77. The van der Waals surface area contributed by atoms with Crippen LogP contribution < -0.4 is 5.73 Å². The number of aromatic carboxylic acids is 2. The molecule has 2 fully saturated rings. The molecular weight excluding hydrogens is 1320 g/mol. The number of hydrogen-bond donors (Lipinski definition) is 4. The summed E-state index contributed by atoms with van der Waals surface area (Å²) in [6, 6.07) is 43.6. The molecule has 21 heteroatoms. The summed E-state index contributed by atoms with van der Waals surface area (Å²) >= 11 is 20.2. The molecule has 77 heavy (non-hydrogen) atoms. The maximum atomic E-state index is 12.9. The van der Waals surface area contributed by atoms with Crippen molar-refractivity contribution in [2.45, 2.75) is 40.4 Å². The van der Waals surface area contributed by atoms with Crippen LogP contribution in [-0.2, 0) is 34.0 Å². The first-order chi connectivity index (χ1) is 36.9. The van der Waals surface area contributed by atoms with Gasteiger partial charge >= 0.3 is 91.5 Å². The van der Waals surface area contributed by atoms with Gasteiger partial charge in [0.15, 0.2) is 12.0 Å². The van der Waals surface area contributed by atoms with Crippen LogP contribution in [0.5, 0.6) is 0 Å². The Morgan fingerprint density at radius 1 is 0.636 bits per heavy atom. The maximum absolute atomic E-state index is 12.9. The summed E-state index contributed by atoms with van der Waals surface area (Å²) in [4.78, 5) is 69.4. The van der Waals surface area contributed by atoms with Crippen molar-refractivity contribution in [3.05, 3.63) is 207 Å². The summed E-state index contributed by atoms with van der Waals surface area (Å²) in [6.07, 6.45) is 2.31. The SMILES string of the molecule is Cc1ccccc1CN.Cc1ccccc1CN1C(=O)/C(=C/c2ccc(-c3ccc(C(=O)O)cc3)o2)SC1=S.Cc1ccccc1CN1C(=O)CSC1=S.O=C(O)CCl.O=Cc1ccc(-c2ccc(C(=O)O)cc2)o1.[Cs][Cs]. The monoisotopic (exact) mass is 1370 g/mol. The number of nitrogens with zero attached hydrogens (tertiary/aromatic N) is 2. The van der Waals surface area contributed by atoms with E-state index in [1.807, 2.05) is 74.5 Å². The Hall–Kier alpha value is -3.35. The molecule has 9 rings (SSSR count). The molecule has 0 bridgehead atoms. The van der Waals surface area contributed by atoms with E-state index in [4.69, 9.17) is 65.9 Å². The molecule has 5 aromatic carbocycles. The average Bonchev–Trinajstić information content (AvgIpc) is 4.25. The van der Waals surface area contributed by atoms with Crippen molar-refractivity contribution >= 4 is 184 Å². The first-order valence-electron chi connectivity index (χ1n) is 23.6. The van der Waals surface area contributed by atoms with Crippen LogP contribution in [0.25, 0.3) is 28.7 Å². The summed E-state index contributed by atoms with van der Waals surface area (Å²) < 4.78 is 12.3. The molecule has 0 saturated carbocycles. The van der Waals surface area contributed by atoms with Crippen molar-refractivity contribution in [3.8, 4) is 22.6 Å². The number of halogens is 1. The Balaban J connectivity index is 0.000000230. The number of furan rings is 2. The summed E-state index contributed by atoms with van der Waals surface area (Å²) in [6.45, 7) is 7.82. The number of carbonyl (C=O) groups is 6. The Labute approximate surface area is 523 Å². The second-order valence-corrected chi connectivity index (χ2v) is 19.7. The van der Waals surface area contributed by atoms with E-state index in [0.717, 1.165) is 101 Å². The Morgan fingerprint density at radius 2 is 1.05 bits per heavy atom. The van der Waals surface area contributed by atoms with Gasteiger partial charge in [0.2, 0.25) is 5.91 Å². The first kappa shape index (κ1) is 66.2. The molecule has 0 aliphatic carbocycles. The van der Waals surface area contributed by atoms with E-state index in [1.165, 1.54) is 64.5 Å². The summed E-state index contributed by atoms with van der Waals surface area (Å²) in [5, 5.41) is 25.3. The summed E-state index contributed by atoms with van der Waals surface area (Å²) in [7, 11) is 0. The Morgan fingerprint density at radius 3 is 1.42 bits per heavy atom. The minimum absolute atomic E-state index is 0.119. The van der Waals surface area contributed by atoms with Gasteiger partial charge in [-0.05, 0) is 103 Å². The fraction of sp³-hybridized carbons (Fsp3) is 0.143. The molecule has 2 aromatic heterocycles. The second-order valence-electron chi connectivity index (χ2n) is 16.1. The van der Waals surface area contributed by atoms with E-state index in [1.54, 1.807) is 64.4 Å². The van der Waals surface area contributed by atoms with Crippen LogP contribution in [0.3, 0.4) is 0 Å². The van der Waals surface area contributed by atoms with Crippen molar-refractivity contribution in [2.75, 3.05) is 11.6 Å². The van der Waals surface area contributed by atoms with E-state index in [-0.39, 0.29) is 34.6 Å². The normalized spacial score (nSPS) is 12.9. The van der Waals surface area contributed by atoms with Gasteiger partial charge in [-0.1, -0.05) is 145 Å². The number of carbonyl (C=O) groups excluding carboxylic acids is 3.